The summed E-state index contributed by atoms with van der Waals surface area (Å²) in [5.41, 5.74) is 3.82. The minimum absolute atomic E-state index is 0.721. The largest absolute Gasteiger partial charge is 0.357 e. The van der Waals surface area contributed by atoms with Crippen LogP contribution in [0.3, 0.4) is 0 Å². The Balaban J connectivity index is 2.19. The molecule has 6 heteroatoms. The molecule has 0 radical (unpaired) electrons. The number of aliphatic imine (C=N–C) groups is 1. The Morgan fingerprint density at radius 1 is 1.29 bits per heavy atom. The molecule has 0 saturated carbocycles. The molecule has 0 spiro atoms. The van der Waals surface area contributed by atoms with Gasteiger partial charge in [0.1, 0.15) is 0 Å². The highest BCUT2D eigenvalue weighted by Gasteiger charge is 2.22. The molecule has 0 amide bonds. The van der Waals surface area contributed by atoms with E-state index in [4.69, 9.17) is 4.99 Å². The second-order valence-electron chi connectivity index (χ2n) is 6.22. The van der Waals surface area contributed by atoms with Gasteiger partial charge in [-0.25, -0.2) is 4.99 Å². The molecular formula is C18H33N5S. The molecule has 136 valence electrons. The van der Waals surface area contributed by atoms with Crippen LogP contribution in [0.4, 0.5) is 0 Å². The van der Waals surface area contributed by atoms with Gasteiger partial charge in [-0.1, -0.05) is 20.8 Å². The van der Waals surface area contributed by atoms with E-state index < -0.39 is 0 Å². The Morgan fingerprint density at radius 2 is 2.08 bits per heavy atom. The smallest absolute Gasteiger partial charge is 0.194 e. The van der Waals surface area contributed by atoms with E-state index >= 15 is 0 Å². The van der Waals surface area contributed by atoms with Crippen molar-refractivity contribution in [2.24, 2.45) is 12.0 Å². The number of aryl methyl sites for hydroxylation is 2. The quantitative estimate of drug-likeness (QED) is 0.632. The van der Waals surface area contributed by atoms with Gasteiger partial charge in [0, 0.05) is 48.9 Å². The zero-order chi connectivity index (χ0) is 17.5. The third-order valence-corrected chi connectivity index (χ3v) is 6.02. The fraction of sp³-hybridized carbons (Fsp3) is 0.778. The van der Waals surface area contributed by atoms with Crippen LogP contribution in [-0.4, -0.2) is 51.3 Å². The number of nitrogens with zero attached hydrogens (tertiary/aromatic N) is 4. The van der Waals surface area contributed by atoms with Gasteiger partial charge >= 0.3 is 0 Å². The minimum Gasteiger partial charge on any atom is -0.357 e. The number of aromatic nitrogens is 2. The molecule has 1 atom stereocenters. The first kappa shape index (κ1) is 19.2. The number of thioether (sulfide) groups is 1. The average molecular weight is 352 g/mol. The summed E-state index contributed by atoms with van der Waals surface area (Å²) >= 11 is 2.09. The van der Waals surface area contributed by atoms with E-state index in [1.807, 2.05) is 11.7 Å². The molecule has 0 aliphatic carbocycles. The molecule has 2 rings (SSSR count). The van der Waals surface area contributed by atoms with Gasteiger partial charge in [0.05, 0.1) is 12.2 Å². The maximum Gasteiger partial charge on any atom is 0.194 e. The van der Waals surface area contributed by atoms with Gasteiger partial charge in [-0.2, -0.15) is 16.9 Å². The minimum atomic E-state index is 0.721. The van der Waals surface area contributed by atoms with Gasteiger partial charge in [-0.15, -0.1) is 0 Å². The third-order valence-electron chi connectivity index (χ3n) is 4.64. The van der Waals surface area contributed by atoms with Gasteiger partial charge in [-0.3, -0.25) is 4.68 Å². The topological polar surface area (TPSA) is 45.5 Å². The molecule has 24 heavy (non-hydrogen) atoms. The maximum atomic E-state index is 4.98. The van der Waals surface area contributed by atoms with E-state index in [1.165, 1.54) is 29.1 Å². The Hall–Kier alpha value is -1.17. The van der Waals surface area contributed by atoms with Crippen molar-refractivity contribution in [3.05, 3.63) is 17.0 Å². The number of guanidine groups is 1. The monoisotopic (exact) mass is 351 g/mol. The van der Waals surface area contributed by atoms with Gasteiger partial charge in [0.15, 0.2) is 5.96 Å². The van der Waals surface area contributed by atoms with Crippen LogP contribution in [0.15, 0.2) is 4.99 Å². The van der Waals surface area contributed by atoms with Crippen molar-refractivity contribution in [1.82, 2.24) is 20.0 Å². The van der Waals surface area contributed by atoms with E-state index in [9.17, 15) is 0 Å². The molecule has 1 saturated heterocycles. The first-order chi connectivity index (χ1) is 11.6. The summed E-state index contributed by atoms with van der Waals surface area (Å²) < 4.78 is 2.03. The molecule has 0 bridgehead atoms. The molecule has 1 aromatic heterocycles. The van der Waals surface area contributed by atoms with Crippen LogP contribution in [0.2, 0.25) is 0 Å². The predicted molar refractivity (Wildman–Crippen MR) is 105 cm³/mol. The van der Waals surface area contributed by atoms with Crippen molar-refractivity contribution in [2.75, 3.05) is 25.4 Å². The summed E-state index contributed by atoms with van der Waals surface area (Å²) in [6.07, 6.45) is 3.19. The number of hydrogen-bond donors (Lipinski definition) is 1. The summed E-state index contributed by atoms with van der Waals surface area (Å²) in [5, 5.41) is 8.88. The normalized spacial score (nSPS) is 19.0. The van der Waals surface area contributed by atoms with Crippen molar-refractivity contribution in [1.29, 1.82) is 0 Å². The van der Waals surface area contributed by atoms with Crippen LogP contribution in [0.5, 0.6) is 0 Å². The molecule has 1 aromatic rings. The highest BCUT2D eigenvalue weighted by Crippen LogP contribution is 2.22. The second kappa shape index (κ2) is 9.35. The van der Waals surface area contributed by atoms with Crippen molar-refractivity contribution < 1.29 is 0 Å². The predicted octanol–water partition coefficient (Wildman–Crippen LogP) is 2.84. The van der Waals surface area contributed by atoms with Gasteiger partial charge < -0.3 is 10.2 Å². The Bertz CT molecular complexity index is 552. The lowest BCUT2D eigenvalue weighted by Crippen LogP contribution is -2.48. The van der Waals surface area contributed by atoms with E-state index in [0.717, 1.165) is 50.2 Å². The van der Waals surface area contributed by atoms with Gasteiger partial charge in [-0.05, 0) is 26.2 Å². The summed E-state index contributed by atoms with van der Waals surface area (Å²) in [4.78, 5) is 7.41. The SMILES string of the molecule is CCNC(=NCc1c(CC)nn(C)c1CC)N1CCSC(CC)C1. The Labute approximate surface area is 151 Å². The zero-order valence-corrected chi connectivity index (χ0v) is 16.7. The lowest BCUT2D eigenvalue weighted by molar-refractivity contribution is 0.408. The summed E-state index contributed by atoms with van der Waals surface area (Å²) in [6.45, 7) is 12.6. The maximum absolute atomic E-state index is 4.98. The Morgan fingerprint density at radius 3 is 2.71 bits per heavy atom. The fourth-order valence-electron chi connectivity index (χ4n) is 3.31. The van der Waals surface area contributed by atoms with E-state index in [1.54, 1.807) is 0 Å². The standard InChI is InChI=1S/C18H33N5S/c1-6-14-13-23(10-11-24-14)18(19-9-4)20-12-15-16(7-2)21-22(5)17(15)8-3/h14H,6-13H2,1-5H3,(H,19,20). The van der Waals surface area contributed by atoms with E-state index in [-0.39, 0.29) is 0 Å². The molecule has 5 nitrogen and oxygen atoms in total. The van der Waals surface area contributed by atoms with Crippen LogP contribution >= 0.6 is 11.8 Å². The highest BCUT2D eigenvalue weighted by atomic mass is 32.2. The van der Waals surface area contributed by atoms with Crippen LogP contribution in [0.1, 0.15) is 51.1 Å². The van der Waals surface area contributed by atoms with Crippen molar-refractivity contribution in [2.45, 2.75) is 58.8 Å². The van der Waals surface area contributed by atoms with Crippen molar-refractivity contribution >= 4 is 17.7 Å². The summed E-state index contributed by atoms with van der Waals surface area (Å²) in [7, 11) is 2.05. The fourth-order valence-corrected chi connectivity index (χ4v) is 4.49. The zero-order valence-electron chi connectivity index (χ0n) is 15.9. The number of nitrogens with one attached hydrogen (secondary N) is 1. The van der Waals surface area contributed by atoms with Crippen molar-refractivity contribution in [3.8, 4) is 0 Å². The third kappa shape index (κ3) is 4.47. The van der Waals surface area contributed by atoms with Crippen LogP contribution in [0, 0.1) is 0 Å². The highest BCUT2D eigenvalue weighted by molar-refractivity contribution is 8.00. The van der Waals surface area contributed by atoms with E-state index in [0.29, 0.717) is 0 Å². The lowest BCUT2D eigenvalue weighted by atomic mass is 10.1. The van der Waals surface area contributed by atoms with Gasteiger partial charge in [0.25, 0.3) is 0 Å². The average Bonchev–Trinajstić information content (AvgIpc) is 2.93. The van der Waals surface area contributed by atoms with Gasteiger partial charge in [0.2, 0.25) is 0 Å². The van der Waals surface area contributed by atoms with Crippen LogP contribution in [-0.2, 0) is 26.4 Å². The van der Waals surface area contributed by atoms with E-state index in [2.05, 4.69) is 54.8 Å². The molecular weight excluding hydrogens is 318 g/mol. The van der Waals surface area contributed by atoms with Crippen molar-refractivity contribution in [3.63, 3.8) is 0 Å². The summed E-state index contributed by atoms with van der Waals surface area (Å²) in [6, 6.07) is 0. The molecule has 0 aromatic carbocycles. The second-order valence-corrected chi connectivity index (χ2v) is 7.63. The van der Waals surface area contributed by atoms with Crippen LogP contribution in [0.25, 0.3) is 0 Å². The number of rotatable bonds is 6. The first-order valence-electron chi connectivity index (χ1n) is 9.32. The molecule has 1 N–H and O–H groups in total. The molecule has 1 fully saturated rings. The lowest BCUT2D eigenvalue weighted by Gasteiger charge is -2.34. The first-order valence-corrected chi connectivity index (χ1v) is 10.4. The summed E-state index contributed by atoms with van der Waals surface area (Å²) in [5.74, 6) is 2.25. The molecule has 2 heterocycles. The molecule has 1 aliphatic rings. The molecule has 1 unspecified atom stereocenters. The number of hydrogen-bond acceptors (Lipinski definition) is 3. The van der Waals surface area contributed by atoms with Crippen LogP contribution < -0.4 is 5.32 Å². The molecule has 1 aliphatic heterocycles. The Kier molecular flexibility index (Phi) is 7.46.